The number of nitrogens with zero attached hydrogens (tertiary/aromatic N) is 1. The minimum Gasteiger partial charge on any atom is -0.310 e. The first-order valence-electron chi connectivity index (χ1n) is 18.9. The highest BCUT2D eigenvalue weighted by molar-refractivity contribution is 6.00. The van der Waals surface area contributed by atoms with Crippen molar-refractivity contribution in [2.75, 3.05) is 4.90 Å². The zero-order chi connectivity index (χ0) is 33.9. The van der Waals surface area contributed by atoms with Gasteiger partial charge in [-0.05, 0) is 122 Å². The number of rotatable bonds is 4. The van der Waals surface area contributed by atoms with Gasteiger partial charge in [-0.25, -0.2) is 0 Å². The van der Waals surface area contributed by atoms with E-state index in [1.807, 2.05) is 0 Å². The van der Waals surface area contributed by atoms with Crippen LogP contribution in [-0.4, -0.2) is 0 Å². The second-order valence-corrected chi connectivity index (χ2v) is 16.1. The summed E-state index contributed by atoms with van der Waals surface area (Å²) in [7, 11) is 0. The highest BCUT2D eigenvalue weighted by Crippen LogP contribution is 2.66. The van der Waals surface area contributed by atoms with Gasteiger partial charge in [0.2, 0.25) is 0 Å². The summed E-state index contributed by atoms with van der Waals surface area (Å²) in [4.78, 5) is 2.54. The first kappa shape index (κ1) is 29.3. The maximum absolute atomic E-state index is 2.59. The van der Waals surface area contributed by atoms with Crippen LogP contribution in [0.2, 0.25) is 0 Å². The third-order valence-electron chi connectivity index (χ3n) is 13.3. The second-order valence-electron chi connectivity index (χ2n) is 16.1. The molecule has 51 heavy (non-hydrogen) atoms. The van der Waals surface area contributed by atoms with Gasteiger partial charge in [0, 0.05) is 27.6 Å². The molecule has 0 saturated heterocycles. The predicted octanol–water partition coefficient (Wildman–Crippen LogP) is 13.4. The lowest BCUT2D eigenvalue weighted by Crippen LogP contribution is -2.32. The van der Waals surface area contributed by atoms with Crippen molar-refractivity contribution in [1.82, 2.24) is 0 Å². The molecule has 0 aliphatic heterocycles. The standard InChI is InChI=1S/C50H41N/c1-49(2)44-21-7-5-18-41(44)43-20-11-19-39(48(43)49)34-14-9-15-36(29-34)51(47-23-10-13-33-12-3-4-16-38(33)47)37-26-27-42-40-17-6-8-22-45(40)50(46(42)30-37)31-32-24-25-35(50)28-32/h3-23,26-27,29-30,32,35H,24-25,28,31H2,1-2H3. The Morgan fingerprint density at radius 3 is 2.04 bits per heavy atom. The van der Waals surface area contributed by atoms with Crippen LogP contribution in [0.4, 0.5) is 17.1 Å². The van der Waals surface area contributed by atoms with Crippen molar-refractivity contribution in [1.29, 1.82) is 0 Å². The highest BCUT2D eigenvalue weighted by Gasteiger charge is 2.56. The van der Waals surface area contributed by atoms with Gasteiger partial charge in [0.15, 0.2) is 0 Å². The number of benzene rings is 7. The predicted molar refractivity (Wildman–Crippen MR) is 213 cm³/mol. The van der Waals surface area contributed by atoms with E-state index in [1.165, 1.54) is 98.0 Å². The van der Waals surface area contributed by atoms with Gasteiger partial charge in [0.1, 0.15) is 0 Å². The van der Waals surface area contributed by atoms with Gasteiger partial charge in [0.05, 0.1) is 5.69 Å². The second kappa shape index (κ2) is 10.6. The number of hydrogen-bond acceptors (Lipinski definition) is 1. The molecule has 4 aliphatic rings. The Bertz CT molecular complexity index is 2550. The molecule has 3 atom stereocenters. The van der Waals surface area contributed by atoms with Gasteiger partial charge in [0.25, 0.3) is 0 Å². The van der Waals surface area contributed by atoms with Crippen molar-refractivity contribution in [2.45, 2.75) is 50.4 Å². The molecule has 0 aromatic heterocycles. The molecule has 11 rings (SSSR count). The molecule has 1 nitrogen and oxygen atoms in total. The molecule has 4 aliphatic carbocycles. The summed E-state index contributed by atoms with van der Waals surface area (Å²) in [5, 5.41) is 2.52. The summed E-state index contributed by atoms with van der Waals surface area (Å²) in [6, 6.07) is 57.5. The summed E-state index contributed by atoms with van der Waals surface area (Å²) >= 11 is 0. The molecule has 0 N–H and O–H groups in total. The normalized spacial score (nSPS) is 21.5. The first-order chi connectivity index (χ1) is 25.0. The average molecular weight is 656 g/mol. The molecule has 7 aromatic rings. The molecule has 1 spiro atoms. The summed E-state index contributed by atoms with van der Waals surface area (Å²) in [6.45, 7) is 4.78. The zero-order valence-electron chi connectivity index (χ0n) is 29.4. The van der Waals surface area contributed by atoms with Crippen LogP contribution in [0, 0.1) is 11.8 Å². The SMILES string of the molecule is CC1(C)c2ccccc2-c2cccc(-c3cccc(N(c4ccc5c(c4)C4(CC6CCC4C6)c4ccccc4-5)c4cccc5ccccc45)c3)c21. The fourth-order valence-corrected chi connectivity index (χ4v) is 11.2. The average Bonchev–Trinajstić information content (AvgIpc) is 3.92. The Labute approximate surface area is 301 Å². The summed E-state index contributed by atoms with van der Waals surface area (Å²) in [6.07, 6.45) is 5.39. The van der Waals surface area contributed by atoms with Crippen molar-refractivity contribution in [3.05, 3.63) is 174 Å². The first-order valence-corrected chi connectivity index (χ1v) is 18.9. The van der Waals surface area contributed by atoms with Crippen molar-refractivity contribution < 1.29 is 0 Å². The number of hydrogen-bond donors (Lipinski definition) is 0. The van der Waals surface area contributed by atoms with E-state index in [4.69, 9.17) is 0 Å². The summed E-state index contributed by atoms with van der Waals surface area (Å²) in [5.41, 5.74) is 17.8. The Hall–Kier alpha value is -5.40. The Morgan fingerprint density at radius 1 is 0.529 bits per heavy atom. The van der Waals surface area contributed by atoms with Crippen LogP contribution >= 0.6 is 0 Å². The van der Waals surface area contributed by atoms with Gasteiger partial charge < -0.3 is 4.90 Å². The minimum atomic E-state index is -0.0855. The third kappa shape index (κ3) is 3.98. The van der Waals surface area contributed by atoms with Crippen LogP contribution in [0.1, 0.15) is 61.8 Å². The smallest absolute Gasteiger partial charge is 0.0540 e. The molecule has 2 bridgehead atoms. The topological polar surface area (TPSA) is 3.24 Å². The molecule has 2 fully saturated rings. The highest BCUT2D eigenvalue weighted by atomic mass is 15.1. The van der Waals surface area contributed by atoms with E-state index in [0.717, 1.165) is 11.8 Å². The van der Waals surface area contributed by atoms with Crippen LogP contribution in [-0.2, 0) is 10.8 Å². The van der Waals surface area contributed by atoms with Gasteiger partial charge in [-0.2, -0.15) is 0 Å². The van der Waals surface area contributed by atoms with E-state index in [0.29, 0.717) is 0 Å². The lowest BCUT2D eigenvalue weighted by atomic mass is 9.67. The van der Waals surface area contributed by atoms with Crippen LogP contribution in [0.15, 0.2) is 152 Å². The Balaban J connectivity index is 1.12. The van der Waals surface area contributed by atoms with E-state index in [9.17, 15) is 0 Å². The van der Waals surface area contributed by atoms with E-state index in [-0.39, 0.29) is 10.8 Å². The fourth-order valence-electron chi connectivity index (χ4n) is 11.2. The Morgan fingerprint density at radius 2 is 1.20 bits per heavy atom. The largest absolute Gasteiger partial charge is 0.310 e. The van der Waals surface area contributed by atoms with Crippen molar-refractivity contribution in [3.8, 4) is 33.4 Å². The minimum absolute atomic E-state index is 0.0855. The van der Waals surface area contributed by atoms with E-state index >= 15 is 0 Å². The van der Waals surface area contributed by atoms with Gasteiger partial charge >= 0.3 is 0 Å². The molecular weight excluding hydrogens is 615 g/mol. The molecular formula is C50H41N. The monoisotopic (exact) mass is 655 g/mol. The molecule has 7 aromatic carbocycles. The van der Waals surface area contributed by atoms with Gasteiger partial charge in [-0.3, -0.25) is 0 Å². The summed E-state index contributed by atoms with van der Waals surface area (Å²) in [5.74, 6) is 1.56. The van der Waals surface area contributed by atoms with E-state index in [2.05, 4.69) is 170 Å². The van der Waals surface area contributed by atoms with Crippen molar-refractivity contribution >= 4 is 27.8 Å². The summed E-state index contributed by atoms with van der Waals surface area (Å²) < 4.78 is 0. The molecule has 0 heterocycles. The third-order valence-corrected chi connectivity index (χ3v) is 13.3. The van der Waals surface area contributed by atoms with Crippen LogP contribution in [0.25, 0.3) is 44.2 Å². The van der Waals surface area contributed by atoms with Crippen molar-refractivity contribution in [2.24, 2.45) is 11.8 Å². The van der Waals surface area contributed by atoms with E-state index in [1.54, 1.807) is 11.1 Å². The van der Waals surface area contributed by atoms with Crippen LogP contribution in [0.5, 0.6) is 0 Å². The number of fused-ring (bicyclic) bond motifs is 12. The fraction of sp³-hybridized carbons (Fsp3) is 0.200. The zero-order valence-corrected chi connectivity index (χ0v) is 29.4. The van der Waals surface area contributed by atoms with Crippen LogP contribution in [0.3, 0.4) is 0 Å². The Kier molecular flexibility index (Phi) is 6.08. The molecule has 0 amide bonds. The quantitative estimate of drug-likeness (QED) is 0.182. The molecule has 2 saturated carbocycles. The maximum atomic E-state index is 2.59. The molecule has 246 valence electrons. The van der Waals surface area contributed by atoms with Crippen LogP contribution < -0.4 is 4.90 Å². The van der Waals surface area contributed by atoms with Gasteiger partial charge in [-0.1, -0.05) is 142 Å². The molecule has 3 unspecified atom stereocenters. The van der Waals surface area contributed by atoms with E-state index < -0.39 is 0 Å². The lowest BCUT2D eigenvalue weighted by Gasteiger charge is -2.37. The molecule has 0 radical (unpaired) electrons. The number of anilines is 3. The maximum Gasteiger partial charge on any atom is 0.0540 e. The molecule has 1 heteroatoms. The lowest BCUT2D eigenvalue weighted by molar-refractivity contribution is 0.327. The van der Waals surface area contributed by atoms with Crippen molar-refractivity contribution in [3.63, 3.8) is 0 Å². The van der Waals surface area contributed by atoms with Gasteiger partial charge in [-0.15, -0.1) is 0 Å².